The maximum absolute atomic E-state index is 12.0. The van der Waals surface area contributed by atoms with Crippen LogP contribution in [0, 0.1) is 5.92 Å². The topological polar surface area (TPSA) is 116 Å². The zero-order valence-corrected chi connectivity index (χ0v) is 29.6. The summed E-state index contributed by atoms with van der Waals surface area (Å²) < 4.78 is 5.36. The van der Waals surface area contributed by atoms with E-state index >= 15 is 0 Å². The second kappa shape index (κ2) is 23.5. The fraction of sp³-hybridized carbons (Fsp3) is 0.600. The molecule has 9 heteroatoms. The van der Waals surface area contributed by atoms with E-state index in [0.717, 1.165) is 48.9 Å². The van der Waals surface area contributed by atoms with Crippen molar-refractivity contribution >= 4 is 23.4 Å². The van der Waals surface area contributed by atoms with Crippen molar-refractivity contribution in [1.82, 2.24) is 10.6 Å². The number of nitrogens with one attached hydrogen (secondary N) is 2. The Morgan fingerprint density at radius 2 is 1.69 bits per heavy atom. The van der Waals surface area contributed by atoms with E-state index in [2.05, 4.69) is 22.9 Å². The Bertz CT molecular complexity index is 902. The van der Waals surface area contributed by atoms with Crippen LogP contribution < -0.4 is 68.8 Å². The predicted octanol–water partition coefficient (Wildman–Crippen LogP) is 1.80. The van der Waals surface area contributed by atoms with Crippen molar-refractivity contribution in [2.75, 3.05) is 26.8 Å². The number of carbonyl (C=O) groups excluding carboxylic acids is 4. The number of allylic oxidation sites excluding steroid dienone is 2. The van der Waals surface area contributed by atoms with Crippen molar-refractivity contribution in [1.29, 1.82) is 0 Å². The van der Waals surface area contributed by atoms with Gasteiger partial charge in [0, 0.05) is 57.2 Å². The summed E-state index contributed by atoms with van der Waals surface area (Å²) in [7, 11) is 1.77. The Hall–Kier alpha value is -1.19. The molecule has 2 amide bonds. The fourth-order valence-corrected chi connectivity index (χ4v) is 3.98. The summed E-state index contributed by atoms with van der Waals surface area (Å²) in [6.07, 6.45) is 8.03. The minimum absolute atomic E-state index is 0. The molecule has 1 rings (SSSR count). The van der Waals surface area contributed by atoms with Crippen LogP contribution in [0.25, 0.3) is 5.32 Å². The number of rotatable bonds is 21. The maximum atomic E-state index is 12.0. The molecule has 8 nitrogen and oxygen atoms in total. The normalized spacial score (nSPS) is 11.7. The maximum Gasteiger partial charge on any atom is 1.00 e. The summed E-state index contributed by atoms with van der Waals surface area (Å²) >= 11 is 0. The molecule has 1 aromatic rings. The van der Waals surface area contributed by atoms with Gasteiger partial charge in [0.15, 0.2) is 5.78 Å². The van der Waals surface area contributed by atoms with Crippen LogP contribution in [-0.4, -0.2) is 50.2 Å². The number of nitrogens with zero attached hydrogens (tertiary/aromatic N) is 1. The van der Waals surface area contributed by atoms with Crippen LogP contribution in [0.2, 0.25) is 0 Å². The van der Waals surface area contributed by atoms with Gasteiger partial charge >= 0.3 is 58.2 Å². The van der Waals surface area contributed by atoms with E-state index in [1.54, 1.807) is 13.1 Å². The molecule has 0 aromatic heterocycles. The second-order valence-electron chi connectivity index (χ2n) is 9.55. The average Bonchev–Trinajstić information content (AvgIpc) is 2.91. The summed E-state index contributed by atoms with van der Waals surface area (Å²) in [6.45, 7) is 6.93. The molecule has 0 radical (unpaired) electrons. The van der Waals surface area contributed by atoms with Gasteiger partial charge in [0.1, 0.15) is 5.78 Å². The second-order valence-corrected chi connectivity index (χ2v) is 9.55. The first-order valence-electron chi connectivity index (χ1n) is 13.8. The van der Waals surface area contributed by atoms with Crippen molar-refractivity contribution in [3.8, 4) is 0 Å². The number of ether oxygens (including phenoxy) is 1. The van der Waals surface area contributed by atoms with Crippen LogP contribution in [0.3, 0.4) is 0 Å². The minimum atomic E-state index is -0.343. The van der Waals surface area contributed by atoms with E-state index in [1.165, 1.54) is 0 Å². The van der Waals surface area contributed by atoms with Gasteiger partial charge in [-0.05, 0) is 38.2 Å². The molecule has 39 heavy (non-hydrogen) atoms. The molecule has 1 atom stereocenters. The van der Waals surface area contributed by atoms with E-state index in [1.807, 2.05) is 38.1 Å². The Morgan fingerprint density at radius 1 is 1.00 bits per heavy atom. The summed E-state index contributed by atoms with van der Waals surface area (Å²) in [5.41, 5.74) is 2.60. The molecular weight excluding hydrogens is 568 g/mol. The minimum Gasteiger partial charge on any atom is -0.648 e. The third-order valence-corrected chi connectivity index (χ3v) is 6.27. The van der Waals surface area contributed by atoms with Crippen molar-refractivity contribution in [3.05, 3.63) is 52.5 Å². The van der Waals surface area contributed by atoms with Crippen LogP contribution in [0.15, 0.2) is 36.0 Å². The van der Waals surface area contributed by atoms with Gasteiger partial charge < -0.3 is 25.5 Å². The van der Waals surface area contributed by atoms with E-state index in [-0.39, 0.29) is 94.9 Å². The summed E-state index contributed by atoms with van der Waals surface area (Å²) in [6, 6.07) is 7.46. The monoisotopic (exact) mass is 613 g/mol. The van der Waals surface area contributed by atoms with Gasteiger partial charge in [-0.1, -0.05) is 56.5 Å². The molecular formula is C30H46N3O5Rb. The van der Waals surface area contributed by atoms with Gasteiger partial charge in [-0.2, -0.15) is 0 Å². The number of unbranched alkanes of at least 4 members (excludes halogenated alkanes) is 1. The Kier molecular flexibility index (Phi) is 22.8. The first-order valence-corrected chi connectivity index (χ1v) is 13.8. The van der Waals surface area contributed by atoms with E-state index < -0.39 is 0 Å². The summed E-state index contributed by atoms with van der Waals surface area (Å²) in [5, 5.41) is 9.85. The summed E-state index contributed by atoms with van der Waals surface area (Å²) in [5.74, 6) is 0.151. The number of carbonyl (C=O) groups is 4. The molecule has 0 aliphatic heterocycles. The fourth-order valence-electron chi connectivity index (χ4n) is 3.98. The smallest absolute Gasteiger partial charge is 0.648 e. The Balaban J connectivity index is 0.0000144. The van der Waals surface area contributed by atoms with Gasteiger partial charge in [-0.3, -0.25) is 14.4 Å². The number of ketones is 2. The molecule has 212 valence electrons. The number of Topliss-reactive ketones (excluding diaryl/α,β-unsaturated/α-hetero) is 1. The zero-order valence-electron chi connectivity index (χ0n) is 24.6. The number of hydrogen-bond acceptors (Lipinski definition) is 6. The molecule has 2 N–H and O–H groups in total. The molecule has 1 unspecified atom stereocenters. The SMILES string of the molecule is CCCC(CCCCNC(=O)CCCOCC(=O)[N-]Cc1ccc(CC(=O)/C=C(/C)NC)cc1)C(=O)CC.[Rb+]. The van der Waals surface area contributed by atoms with Crippen LogP contribution in [0.5, 0.6) is 0 Å². The molecule has 0 heterocycles. The van der Waals surface area contributed by atoms with Crippen molar-refractivity contribution < 1.29 is 82.1 Å². The summed E-state index contributed by atoms with van der Waals surface area (Å²) in [4.78, 5) is 47.8. The standard InChI is InChI=1S/C30H47N3O5.Rb/c1-5-10-26(28(35)6-2)11-7-8-17-32-29(36)12-9-18-38-22-30(37)33-21-25-15-13-24(14-16-25)20-27(34)19-23(3)31-4;/h13-16,19,26H,5-12,17-18,20-22H2,1-4H3,(H3,31,32,33,34,36,37);/q;+1/p-1. The third kappa shape index (κ3) is 18.7. The number of amides is 2. The zero-order chi connectivity index (χ0) is 28.2. The Labute approximate surface area is 283 Å². The van der Waals surface area contributed by atoms with Gasteiger partial charge in [0.25, 0.3) is 0 Å². The first-order chi connectivity index (χ1) is 18.3. The first kappa shape index (κ1) is 37.8. The van der Waals surface area contributed by atoms with Crippen LogP contribution in [0.1, 0.15) is 83.3 Å². The molecule has 0 saturated carbocycles. The van der Waals surface area contributed by atoms with E-state index in [9.17, 15) is 19.2 Å². The van der Waals surface area contributed by atoms with E-state index in [0.29, 0.717) is 44.6 Å². The van der Waals surface area contributed by atoms with Gasteiger partial charge in [0.05, 0.1) is 12.5 Å². The largest absolute Gasteiger partial charge is 1.00 e. The predicted molar refractivity (Wildman–Crippen MR) is 151 cm³/mol. The molecule has 1 aromatic carbocycles. The average molecular weight is 614 g/mol. The third-order valence-electron chi connectivity index (χ3n) is 6.27. The van der Waals surface area contributed by atoms with Crippen LogP contribution >= 0.6 is 0 Å². The molecule has 0 aliphatic carbocycles. The van der Waals surface area contributed by atoms with Crippen molar-refractivity contribution in [2.24, 2.45) is 5.92 Å². The van der Waals surface area contributed by atoms with Crippen LogP contribution in [0.4, 0.5) is 0 Å². The van der Waals surface area contributed by atoms with E-state index in [4.69, 9.17) is 4.74 Å². The molecule has 0 aliphatic rings. The molecule has 0 saturated heterocycles. The number of hydrogen-bond donors (Lipinski definition) is 2. The molecule has 0 fully saturated rings. The van der Waals surface area contributed by atoms with Crippen LogP contribution in [-0.2, 0) is 36.9 Å². The van der Waals surface area contributed by atoms with Crippen molar-refractivity contribution in [2.45, 2.75) is 85.1 Å². The number of benzene rings is 1. The molecule has 0 bridgehead atoms. The Morgan fingerprint density at radius 3 is 2.33 bits per heavy atom. The van der Waals surface area contributed by atoms with Gasteiger partial charge in [0.2, 0.25) is 5.91 Å². The van der Waals surface area contributed by atoms with Gasteiger partial charge in [-0.25, -0.2) is 0 Å². The molecule has 0 spiro atoms. The van der Waals surface area contributed by atoms with Crippen molar-refractivity contribution in [3.63, 3.8) is 0 Å². The van der Waals surface area contributed by atoms with Gasteiger partial charge in [-0.15, -0.1) is 6.54 Å². The quantitative estimate of drug-likeness (QED) is 0.161.